The van der Waals surface area contributed by atoms with Crippen molar-refractivity contribution < 1.29 is 13.2 Å². The quantitative estimate of drug-likeness (QED) is 0.897. The van der Waals surface area contributed by atoms with Crippen molar-refractivity contribution in [3.8, 4) is 5.75 Å². The van der Waals surface area contributed by atoms with Gasteiger partial charge >= 0.3 is 0 Å². The average molecular weight is 333 g/mol. The smallest absolute Gasteiger partial charge is 0.243 e. The molecule has 1 aliphatic heterocycles. The summed E-state index contributed by atoms with van der Waals surface area (Å²) in [7, 11) is -2.05. The highest BCUT2D eigenvalue weighted by atomic mass is 35.5. The summed E-state index contributed by atoms with van der Waals surface area (Å²) in [6.45, 7) is 1.02. The topological polar surface area (TPSA) is 72.6 Å². The third-order valence-corrected chi connectivity index (χ3v) is 6.05. The van der Waals surface area contributed by atoms with Gasteiger partial charge in [-0.3, -0.25) is 0 Å². The molecule has 5 nitrogen and oxygen atoms in total. The summed E-state index contributed by atoms with van der Waals surface area (Å²) in [5, 5.41) is 0.297. The molecule has 2 rings (SSSR count). The van der Waals surface area contributed by atoms with Crippen LogP contribution in [-0.4, -0.2) is 39.0 Å². The maximum atomic E-state index is 12.8. The Labute approximate surface area is 131 Å². The summed E-state index contributed by atoms with van der Waals surface area (Å²) in [5.41, 5.74) is 5.61. The number of nitrogens with two attached hydrogens (primary N) is 1. The van der Waals surface area contributed by atoms with E-state index < -0.39 is 10.0 Å². The SMILES string of the molecule is COc1ccc(S(=O)(=O)N2CCCCC2CCN)cc1Cl. The zero-order chi connectivity index (χ0) is 15.5. The Hall–Kier alpha value is -0.820. The first kappa shape index (κ1) is 16.5. The van der Waals surface area contributed by atoms with E-state index in [1.54, 1.807) is 10.4 Å². The largest absolute Gasteiger partial charge is 0.495 e. The van der Waals surface area contributed by atoms with Gasteiger partial charge in [-0.25, -0.2) is 8.42 Å². The molecule has 1 fully saturated rings. The number of halogens is 1. The number of hydrogen-bond acceptors (Lipinski definition) is 4. The Balaban J connectivity index is 2.33. The van der Waals surface area contributed by atoms with Crippen molar-refractivity contribution in [3.05, 3.63) is 23.2 Å². The Morgan fingerprint density at radius 3 is 2.81 bits per heavy atom. The number of piperidine rings is 1. The molecule has 2 N–H and O–H groups in total. The highest BCUT2D eigenvalue weighted by molar-refractivity contribution is 7.89. The molecule has 0 radical (unpaired) electrons. The van der Waals surface area contributed by atoms with Crippen molar-refractivity contribution in [3.63, 3.8) is 0 Å². The molecular formula is C14H21ClN2O3S. The number of benzene rings is 1. The van der Waals surface area contributed by atoms with Gasteiger partial charge in [-0.05, 0) is 44.0 Å². The first-order chi connectivity index (χ1) is 10.0. The Morgan fingerprint density at radius 2 is 2.19 bits per heavy atom. The van der Waals surface area contributed by atoms with Gasteiger partial charge in [0.15, 0.2) is 0 Å². The second-order valence-corrected chi connectivity index (χ2v) is 7.44. The second-order valence-electron chi connectivity index (χ2n) is 5.14. The van der Waals surface area contributed by atoms with Crippen LogP contribution in [0, 0.1) is 0 Å². The standard InChI is InChI=1S/C14H21ClN2O3S/c1-20-14-6-5-12(10-13(14)15)21(18,19)17-9-3-2-4-11(17)7-8-16/h5-6,10-11H,2-4,7-9,16H2,1H3. The van der Waals surface area contributed by atoms with Crippen LogP contribution < -0.4 is 10.5 Å². The maximum absolute atomic E-state index is 12.8. The van der Waals surface area contributed by atoms with Gasteiger partial charge in [0.1, 0.15) is 5.75 Å². The molecule has 7 heteroatoms. The van der Waals surface area contributed by atoms with Crippen molar-refractivity contribution in [2.45, 2.75) is 36.6 Å². The van der Waals surface area contributed by atoms with Gasteiger partial charge in [-0.2, -0.15) is 4.31 Å². The molecule has 1 aromatic rings. The Bertz CT molecular complexity index is 590. The number of hydrogen-bond donors (Lipinski definition) is 1. The van der Waals surface area contributed by atoms with Gasteiger partial charge in [0, 0.05) is 12.6 Å². The lowest BCUT2D eigenvalue weighted by Crippen LogP contribution is -2.44. The minimum atomic E-state index is -3.54. The molecular weight excluding hydrogens is 312 g/mol. The van der Waals surface area contributed by atoms with Crippen molar-refractivity contribution in [2.24, 2.45) is 5.73 Å². The van der Waals surface area contributed by atoms with Crippen LogP contribution in [0.4, 0.5) is 0 Å². The van der Waals surface area contributed by atoms with Crippen molar-refractivity contribution >= 4 is 21.6 Å². The highest BCUT2D eigenvalue weighted by Gasteiger charge is 2.33. The van der Waals surface area contributed by atoms with Gasteiger partial charge < -0.3 is 10.5 Å². The van der Waals surface area contributed by atoms with Crippen LogP contribution in [0.1, 0.15) is 25.7 Å². The van der Waals surface area contributed by atoms with E-state index in [0.717, 1.165) is 19.3 Å². The Kier molecular flexibility index (Phi) is 5.48. The van der Waals surface area contributed by atoms with Gasteiger partial charge in [-0.1, -0.05) is 18.0 Å². The van der Waals surface area contributed by atoms with E-state index in [1.807, 2.05) is 0 Å². The van der Waals surface area contributed by atoms with Crippen LogP contribution in [-0.2, 0) is 10.0 Å². The molecule has 0 spiro atoms. The summed E-state index contributed by atoms with van der Waals surface area (Å²) in [6, 6.07) is 4.55. The van der Waals surface area contributed by atoms with Gasteiger partial charge in [0.25, 0.3) is 0 Å². The van der Waals surface area contributed by atoms with Crippen LogP contribution in [0.15, 0.2) is 23.1 Å². The minimum Gasteiger partial charge on any atom is -0.495 e. The summed E-state index contributed by atoms with van der Waals surface area (Å²) in [4.78, 5) is 0.206. The van der Waals surface area contributed by atoms with Crippen LogP contribution >= 0.6 is 11.6 Å². The van der Waals surface area contributed by atoms with Crippen molar-refractivity contribution in [1.29, 1.82) is 0 Å². The molecule has 1 atom stereocenters. The molecule has 0 aliphatic carbocycles. The van der Waals surface area contributed by atoms with E-state index in [0.29, 0.717) is 30.3 Å². The van der Waals surface area contributed by atoms with Gasteiger partial charge in [0.2, 0.25) is 10.0 Å². The molecule has 21 heavy (non-hydrogen) atoms. The van der Waals surface area contributed by atoms with Crippen molar-refractivity contribution in [1.82, 2.24) is 4.31 Å². The fourth-order valence-electron chi connectivity index (χ4n) is 2.71. The molecule has 1 aromatic carbocycles. The highest BCUT2D eigenvalue weighted by Crippen LogP contribution is 2.31. The number of ether oxygens (including phenoxy) is 1. The minimum absolute atomic E-state index is 0.0189. The lowest BCUT2D eigenvalue weighted by Gasteiger charge is -2.34. The third kappa shape index (κ3) is 3.51. The van der Waals surface area contributed by atoms with Crippen LogP contribution in [0.2, 0.25) is 5.02 Å². The normalized spacial score (nSPS) is 20.4. The predicted octanol–water partition coefficient (Wildman–Crippen LogP) is 2.24. The predicted molar refractivity (Wildman–Crippen MR) is 83.2 cm³/mol. The number of sulfonamides is 1. The third-order valence-electron chi connectivity index (χ3n) is 3.80. The molecule has 1 unspecified atom stereocenters. The second kappa shape index (κ2) is 6.96. The van der Waals surface area contributed by atoms with Crippen molar-refractivity contribution in [2.75, 3.05) is 20.2 Å². The summed E-state index contributed by atoms with van der Waals surface area (Å²) < 4.78 is 32.3. The van der Waals surface area contributed by atoms with Crippen LogP contribution in [0.3, 0.4) is 0 Å². The first-order valence-corrected chi connectivity index (χ1v) is 8.88. The number of rotatable bonds is 5. The molecule has 118 valence electrons. The summed E-state index contributed by atoms with van der Waals surface area (Å²) in [6.07, 6.45) is 3.47. The fourth-order valence-corrected chi connectivity index (χ4v) is 4.79. The molecule has 1 heterocycles. The lowest BCUT2D eigenvalue weighted by atomic mass is 10.0. The number of methoxy groups -OCH3 is 1. The molecule has 0 bridgehead atoms. The molecule has 0 saturated carbocycles. The average Bonchev–Trinajstić information content (AvgIpc) is 2.48. The van der Waals surface area contributed by atoms with Gasteiger partial charge in [-0.15, -0.1) is 0 Å². The maximum Gasteiger partial charge on any atom is 0.243 e. The summed E-state index contributed by atoms with van der Waals surface area (Å²) >= 11 is 6.04. The molecule has 0 amide bonds. The lowest BCUT2D eigenvalue weighted by molar-refractivity contribution is 0.243. The molecule has 1 aliphatic rings. The van der Waals surface area contributed by atoms with Crippen LogP contribution in [0.25, 0.3) is 0 Å². The van der Waals surface area contributed by atoms with E-state index in [1.165, 1.54) is 19.2 Å². The monoisotopic (exact) mass is 332 g/mol. The fraction of sp³-hybridized carbons (Fsp3) is 0.571. The van der Waals surface area contributed by atoms with Gasteiger partial charge in [0.05, 0.1) is 17.0 Å². The molecule has 0 aromatic heterocycles. The first-order valence-electron chi connectivity index (χ1n) is 7.06. The van der Waals surface area contributed by atoms with E-state index >= 15 is 0 Å². The van der Waals surface area contributed by atoms with E-state index in [9.17, 15) is 8.42 Å². The Morgan fingerprint density at radius 1 is 1.43 bits per heavy atom. The van der Waals surface area contributed by atoms with E-state index in [-0.39, 0.29) is 10.9 Å². The zero-order valence-corrected chi connectivity index (χ0v) is 13.7. The molecule has 1 saturated heterocycles. The zero-order valence-electron chi connectivity index (χ0n) is 12.1. The summed E-state index contributed by atoms with van der Waals surface area (Å²) in [5.74, 6) is 0.466. The van der Waals surface area contributed by atoms with Crippen LogP contribution in [0.5, 0.6) is 5.75 Å². The van der Waals surface area contributed by atoms with E-state index in [4.69, 9.17) is 22.1 Å². The van der Waals surface area contributed by atoms with E-state index in [2.05, 4.69) is 0 Å². The number of nitrogens with zero attached hydrogens (tertiary/aromatic N) is 1.